The summed E-state index contributed by atoms with van der Waals surface area (Å²) in [5.41, 5.74) is 3.09. The van der Waals surface area contributed by atoms with Gasteiger partial charge in [-0.25, -0.2) is 0 Å². The SMILES string of the molecule is CC(C)c1cc(C(=O)N2CCCN(CCCc3ccccc3)CC2)n(C)n1. The van der Waals surface area contributed by atoms with Crippen LogP contribution in [0.5, 0.6) is 0 Å². The van der Waals surface area contributed by atoms with Crippen molar-refractivity contribution in [2.45, 2.75) is 39.0 Å². The molecule has 1 amide bonds. The highest BCUT2D eigenvalue weighted by Gasteiger charge is 2.23. The summed E-state index contributed by atoms with van der Waals surface area (Å²) in [5, 5.41) is 4.49. The molecule has 0 atom stereocenters. The zero-order chi connectivity index (χ0) is 19.2. The Morgan fingerprint density at radius 3 is 2.59 bits per heavy atom. The Morgan fingerprint density at radius 1 is 1.11 bits per heavy atom. The van der Waals surface area contributed by atoms with Gasteiger partial charge in [-0.1, -0.05) is 44.2 Å². The zero-order valence-corrected chi connectivity index (χ0v) is 16.9. The Bertz CT molecular complexity index is 738. The van der Waals surface area contributed by atoms with Gasteiger partial charge in [-0.05, 0) is 49.9 Å². The molecule has 0 spiro atoms. The monoisotopic (exact) mass is 368 g/mol. The van der Waals surface area contributed by atoms with Gasteiger partial charge in [-0.3, -0.25) is 9.48 Å². The lowest BCUT2D eigenvalue weighted by molar-refractivity contribution is 0.0750. The number of amides is 1. The molecular formula is C22H32N4O. The van der Waals surface area contributed by atoms with Crippen molar-refractivity contribution >= 4 is 5.91 Å². The molecule has 0 bridgehead atoms. The second-order valence-electron chi connectivity index (χ2n) is 7.81. The first-order valence-electron chi connectivity index (χ1n) is 10.1. The minimum absolute atomic E-state index is 0.114. The predicted molar refractivity (Wildman–Crippen MR) is 109 cm³/mol. The zero-order valence-electron chi connectivity index (χ0n) is 16.9. The van der Waals surface area contributed by atoms with Gasteiger partial charge in [-0.15, -0.1) is 0 Å². The van der Waals surface area contributed by atoms with Gasteiger partial charge in [0, 0.05) is 26.7 Å². The molecule has 5 heteroatoms. The number of nitrogens with zero attached hydrogens (tertiary/aromatic N) is 4. The highest BCUT2D eigenvalue weighted by atomic mass is 16.2. The van der Waals surface area contributed by atoms with Crippen molar-refractivity contribution in [3.05, 3.63) is 53.3 Å². The number of rotatable bonds is 6. The Hall–Kier alpha value is -2.14. The van der Waals surface area contributed by atoms with E-state index in [1.165, 1.54) is 5.56 Å². The van der Waals surface area contributed by atoms with Gasteiger partial charge < -0.3 is 9.80 Å². The molecule has 0 aliphatic carbocycles. The van der Waals surface area contributed by atoms with Crippen molar-refractivity contribution in [1.29, 1.82) is 0 Å². The standard InChI is InChI=1S/C22H32N4O/c1-18(2)20-17-21(24(3)23-20)22(27)26-14-8-13-25(15-16-26)12-7-11-19-9-5-4-6-10-19/h4-6,9-10,17-18H,7-8,11-16H2,1-3H3. The summed E-state index contributed by atoms with van der Waals surface area (Å²) in [7, 11) is 1.87. The number of benzene rings is 1. The molecule has 27 heavy (non-hydrogen) atoms. The third-order valence-corrected chi connectivity index (χ3v) is 5.37. The molecule has 1 aromatic heterocycles. The Labute approximate surface area is 163 Å². The van der Waals surface area contributed by atoms with Crippen molar-refractivity contribution in [3.63, 3.8) is 0 Å². The van der Waals surface area contributed by atoms with Crippen LogP contribution < -0.4 is 0 Å². The fourth-order valence-corrected chi connectivity index (χ4v) is 3.68. The van der Waals surface area contributed by atoms with E-state index in [-0.39, 0.29) is 5.91 Å². The maximum atomic E-state index is 13.0. The largest absolute Gasteiger partial charge is 0.336 e. The molecule has 1 aromatic carbocycles. The fraction of sp³-hybridized carbons (Fsp3) is 0.545. The third-order valence-electron chi connectivity index (χ3n) is 5.37. The van der Waals surface area contributed by atoms with E-state index in [1.54, 1.807) is 4.68 Å². The van der Waals surface area contributed by atoms with Gasteiger partial charge in [0.2, 0.25) is 0 Å². The molecule has 0 unspecified atom stereocenters. The first-order chi connectivity index (χ1) is 13.0. The number of carbonyl (C=O) groups excluding carboxylic acids is 1. The number of aryl methyl sites for hydroxylation is 2. The molecular weight excluding hydrogens is 336 g/mol. The quantitative estimate of drug-likeness (QED) is 0.785. The number of aromatic nitrogens is 2. The van der Waals surface area contributed by atoms with Crippen LogP contribution in [0.1, 0.15) is 54.4 Å². The molecule has 2 aromatic rings. The van der Waals surface area contributed by atoms with Crippen molar-refractivity contribution in [1.82, 2.24) is 19.6 Å². The predicted octanol–water partition coefficient (Wildman–Crippen LogP) is 3.32. The van der Waals surface area contributed by atoms with Crippen LogP contribution in [0.4, 0.5) is 0 Å². The van der Waals surface area contributed by atoms with E-state index in [4.69, 9.17) is 0 Å². The van der Waals surface area contributed by atoms with E-state index >= 15 is 0 Å². The summed E-state index contributed by atoms with van der Waals surface area (Å²) in [5.74, 6) is 0.449. The van der Waals surface area contributed by atoms with E-state index < -0.39 is 0 Å². The summed E-state index contributed by atoms with van der Waals surface area (Å²) >= 11 is 0. The lowest BCUT2D eigenvalue weighted by Gasteiger charge is -2.22. The summed E-state index contributed by atoms with van der Waals surface area (Å²) < 4.78 is 1.74. The first kappa shape index (κ1) is 19.6. The van der Waals surface area contributed by atoms with Crippen LogP contribution >= 0.6 is 0 Å². The number of carbonyl (C=O) groups is 1. The lowest BCUT2D eigenvalue weighted by atomic mass is 10.1. The molecule has 1 aliphatic heterocycles. The molecule has 1 aliphatic rings. The van der Waals surface area contributed by atoms with Gasteiger partial charge in [0.25, 0.3) is 5.91 Å². The Balaban J connectivity index is 1.51. The highest BCUT2D eigenvalue weighted by molar-refractivity contribution is 5.92. The van der Waals surface area contributed by atoms with Crippen LogP contribution in [-0.4, -0.2) is 58.2 Å². The maximum absolute atomic E-state index is 13.0. The first-order valence-corrected chi connectivity index (χ1v) is 10.1. The van der Waals surface area contributed by atoms with Crippen molar-refractivity contribution in [2.75, 3.05) is 32.7 Å². The van der Waals surface area contributed by atoms with E-state index in [9.17, 15) is 4.79 Å². The molecule has 0 N–H and O–H groups in total. The van der Waals surface area contributed by atoms with E-state index in [0.717, 1.165) is 57.7 Å². The van der Waals surface area contributed by atoms with Gasteiger partial charge in [0.15, 0.2) is 0 Å². The molecule has 5 nitrogen and oxygen atoms in total. The van der Waals surface area contributed by atoms with Crippen LogP contribution in [0.15, 0.2) is 36.4 Å². The van der Waals surface area contributed by atoms with Gasteiger partial charge in [0.05, 0.1) is 5.69 Å². The summed E-state index contributed by atoms with van der Waals surface area (Å²) in [6.45, 7) is 8.96. The smallest absolute Gasteiger partial charge is 0.272 e. The maximum Gasteiger partial charge on any atom is 0.272 e. The third kappa shape index (κ3) is 5.19. The topological polar surface area (TPSA) is 41.4 Å². The van der Waals surface area contributed by atoms with Gasteiger partial charge in [-0.2, -0.15) is 5.10 Å². The van der Waals surface area contributed by atoms with Gasteiger partial charge in [0.1, 0.15) is 5.69 Å². The van der Waals surface area contributed by atoms with Crippen molar-refractivity contribution in [3.8, 4) is 0 Å². The average molecular weight is 369 g/mol. The summed E-state index contributed by atoms with van der Waals surface area (Å²) in [6.07, 6.45) is 3.32. The minimum atomic E-state index is 0.114. The Morgan fingerprint density at radius 2 is 1.89 bits per heavy atom. The van der Waals surface area contributed by atoms with Crippen LogP contribution in [0.25, 0.3) is 0 Å². The fourth-order valence-electron chi connectivity index (χ4n) is 3.68. The number of hydrogen-bond donors (Lipinski definition) is 0. The average Bonchev–Trinajstić information content (AvgIpc) is 2.90. The highest BCUT2D eigenvalue weighted by Crippen LogP contribution is 2.16. The minimum Gasteiger partial charge on any atom is -0.336 e. The Kier molecular flexibility index (Phi) is 6.67. The second kappa shape index (κ2) is 9.18. The molecule has 2 heterocycles. The van der Waals surface area contributed by atoms with Gasteiger partial charge >= 0.3 is 0 Å². The lowest BCUT2D eigenvalue weighted by Crippen LogP contribution is -2.36. The number of hydrogen-bond acceptors (Lipinski definition) is 3. The second-order valence-corrected chi connectivity index (χ2v) is 7.81. The van der Waals surface area contributed by atoms with Crippen LogP contribution in [-0.2, 0) is 13.5 Å². The van der Waals surface area contributed by atoms with Crippen LogP contribution in [0.2, 0.25) is 0 Å². The van der Waals surface area contributed by atoms with E-state index in [2.05, 4.69) is 54.2 Å². The summed E-state index contributed by atoms with van der Waals surface area (Å²) in [6, 6.07) is 12.6. The molecule has 0 radical (unpaired) electrons. The van der Waals surface area contributed by atoms with E-state index in [1.807, 2.05) is 18.0 Å². The summed E-state index contributed by atoms with van der Waals surface area (Å²) in [4.78, 5) is 17.5. The molecule has 146 valence electrons. The molecule has 0 saturated carbocycles. The molecule has 1 saturated heterocycles. The van der Waals surface area contributed by atoms with Crippen molar-refractivity contribution < 1.29 is 4.79 Å². The van der Waals surface area contributed by atoms with Crippen LogP contribution in [0.3, 0.4) is 0 Å². The van der Waals surface area contributed by atoms with Crippen molar-refractivity contribution in [2.24, 2.45) is 7.05 Å². The van der Waals surface area contributed by atoms with E-state index in [0.29, 0.717) is 11.6 Å². The normalized spacial score (nSPS) is 15.9. The molecule has 3 rings (SSSR count). The van der Waals surface area contributed by atoms with Crippen LogP contribution in [0, 0.1) is 0 Å². The molecule has 1 fully saturated rings.